The van der Waals surface area contributed by atoms with Crippen LogP contribution in [0.25, 0.3) is 11.0 Å². The Morgan fingerprint density at radius 1 is 1.32 bits per heavy atom. The van der Waals surface area contributed by atoms with Crippen LogP contribution in [0.15, 0.2) is 18.3 Å². The zero-order chi connectivity index (χ0) is 15.1. The predicted octanol–water partition coefficient (Wildman–Crippen LogP) is 0.360. The molecule has 0 unspecified atom stereocenters. The van der Waals surface area contributed by atoms with E-state index in [1.54, 1.807) is 12.3 Å². The van der Waals surface area contributed by atoms with E-state index in [2.05, 4.69) is 27.1 Å². The van der Waals surface area contributed by atoms with Crippen molar-refractivity contribution in [1.29, 1.82) is 0 Å². The van der Waals surface area contributed by atoms with Gasteiger partial charge in [0.25, 0.3) is 5.91 Å². The van der Waals surface area contributed by atoms with E-state index in [0.717, 1.165) is 31.6 Å². The molecule has 2 saturated heterocycles. The fraction of sp³-hybridized carbons (Fsp3) is 0.533. The topological polar surface area (TPSA) is 74.3 Å². The average molecular weight is 301 g/mol. The van der Waals surface area contributed by atoms with Crippen molar-refractivity contribution in [3.05, 3.63) is 24.0 Å². The van der Waals surface area contributed by atoms with E-state index in [4.69, 9.17) is 4.74 Å². The van der Waals surface area contributed by atoms with Crippen molar-refractivity contribution < 1.29 is 9.53 Å². The van der Waals surface area contributed by atoms with E-state index in [0.29, 0.717) is 23.9 Å². The van der Waals surface area contributed by atoms with Crippen LogP contribution < -0.4 is 0 Å². The lowest BCUT2D eigenvalue weighted by Crippen LogP contribution is -2.46. The summed E-state index contributed by atoms with van der Waals surface area (Å²) < 4.78 is 5.73. The Bertz CT molecular complexity index is 700. The lowest BCUT2D eigenvalue weighted by atomic mass is 10.1. The van der Waals surface area contributed by atoms with Crippen LogP contribution in [0.5, 0.6) is 0 Å². The molecular formula is C15H19N5O2. The summed E-state index contributed by atoms with van der Waals surface area (Å²) in [6.45, 7) is 3.86. The second-order valence-corrected chi connectivity index (χ2v) is 6.24. The number of hydrogen-bond donors (Lipinski definition) is 1. The lowest BCUT2D eigenvalue weighted by molar-refractivity contribution is 0.0480. The Labute approximate surface area is 128 Å². The third-order valence-electron chi connectivity index (χ3n) is 4.43. The van der Waals surface area contributed by atoms with E-state index in [-0.39, 0.29) is 11.9 Å². The maximum atomic E-state index is 12.9. The fourth-order valence-electron chi connectivity index (χ4n) is 3.42. The molecule has 116 valence electrons. The Morgan fingerprint density at radius 2 is 2.23 bits per heavy atom. The summed E-state index contributed by atoms with van der Waals surface area (Å²) in [5.41, 5.74) is 1.11. The highest BCUT2D eigenvalue weighted by molar-refractivity contribution is 5.94. The largest absolute Gasteiger partial charge is 0.379 e. The smallest absolute Gasteiger partial charge is 0.272 e. The third kappa shape index (κ3) is 2.36. The first-order valence-electron chi connectivity index (χ1n) is 7.58. The van der Waals surface area contributed by atoms with Gasteiger partial charge in [-0.1, -0.05) is 0 Å². The number of nitrogens with zero attached hydrogens (tertiary/aromatic N) is 4. The summed E-state index contributed by atoms with van der Waals surface area (Å²) in [6.07, 6.45) is 1.71. The first kappa shape index (κ1) is 13.7. The summed E-state index contributed by atoms with van der Waals surface area (Å²) >= 11 is 0. The molecule has 4 rings (SSSR count). The number of aromatic amines is 1. The van der Waals surface area contributed by atoms with Gasteiger partial charge in [-0.3, -0.25) is 9.89 Å². The molecule has 7 heteroatoms. The number of aromatic nitrogens is 3. The van der Waals surface area contributed by atoms with Gasteiger partial charge in [0.05, 0.1) is 25.5 Å². The number of likely N-dealkylation sites (N-methyl/N-ethyl adjacent to an activating group) is 1. The van der Waals surface area contributed by atoms with Gasteiger partial charge in [0, 0.05) is 30.9 Å². The van der Waals surface area contributed by atoms with Gasteiger partial charge in [0.1, 0.15) is 5.69 Å². The van der Waals surface area contributed by atoms with Crippen LogP contribution in [0, 0.1) is 5.92 Å². The monoisotopic (exact) mass is 301 g/mol. The summed E-state index contributed by atoms with van der Waals surface area (Å²) in [7, 11) is 2.11. The van der Waals surface area contributed by atoms with Crippen molar-refractivity contribution in [3.63, 3.8) is 0 Å². The van der Waals surface area contributed by atoms with Crippen LogP contribution in [0.2, 0.25) is 0 Å². The highest BCUT2D eigenvalue weighted by Crippen LogP contribution is 2.21. The van der Waals surface area contributed by atoms with E-state index >= 15 is 0 Å². The van der Waals surface area contributed by atoms with E-state index in [1.807, 2.05) is 11.0 Å². The molecule has 0 aliphatic carbocycles. The van der Waals surface area contributed by atoms with Crippen molar-refractivity contribution in [2.24, 2.45) is 5.92 Å². The number of ether oxygens (including phenoxy) is 1. The quantitative estimate of drug-likeness (QED) is 0.823. The summed E-state index contributed by atoms with van der Waals surface area (Å²) in [5, 5.41) is 7.68. The number of nitrogens with one attached hydrogen (secondary N) is 1. The minimum absolute atomic E-state index is 0.0210. The third-order valence-corrected chi connectivity index (χ3v) is 4.43. The normalized spacial score (nSPS) is 26.1. The molecule has 22 heavy (non-hydrogen) atoms. The standard InChI is InChI=1S/C15H19N5O2/c1-19-5-10-6-20(12(7-19)9-22-8-10)15(21)13-3-2-11-4-16-18-14(11)17-13/h2-4,10,12H,5-9H2,1H3,(H,16,17,18)/t10-,12-/m0/s1. The molecule has 2 aliphatic rings. The van der Waals surface area contributed by atoms with Crippen molar-refractivity contribution in [3.8, 4) is 0 Å². The molecule has 1 amide bonds. The van der Waals surface area contributed by atoms with Gasteiger partial charge in [-0.05, 0) is 19.2 Å². The SMILES string of the molecule is CN1C[C@@H]2COC[C@H](C1)N(C(=O)c1ccc3cn[nH]c3n1)C2. The van der Waals surface area contributed by atoms with Crippen LogP contribution >= 0.6 is 0 Å². The maximum absolute atomic E-state index is 12.9. The molecule has 2 fully saturated rings. The number of amides is 1. The second-order valence-electron chi connectivity index (χ2n) is 6.24. The Kier molecular flexibility index (Phi) is 3.31. The van der Waals surface area contributed by atoms with Crippen LogP contribution in [0.1, 0.15) is 10.5 Å². The number of H-pyrrole nitrogens is 1. The molecule has 2 aromatic heterocycles. The zero-order valence-electron chi connectivity index (χ0n) is 12.5. The maximum Gasteiger partial charge on any atom is 0.272 e. The van der Waals surface area contributed by atoms with Crippen LogP contribution in [0.3, 0.4) is 0 Å². The van der Waals surface area contributed by atoms with Crippen molar-refractivity contribution >= 4 is 16.9 Å². The van der Waals surface area contributed by atoms with Gasteiger partial charge in [-0.15, -0.1) is 0 Å². The van der Waals surface area contributed by atoms with E-state index in [1.165, 1.54) is 0 Å². The number of fused-ring (bicyclic) bond motifs is 4. The number of hydrogen-bond acceptors (Lipinski definition) is 5. The average Bonchev–Trinajstić information content (AvgIpc) is 2.80. The predicted molar refractivity (Wildman–Crippen MR) is 80.5 cm³/mol. The van der Waals surface area contributed by atoms with Crippen molar-refractivity contribution in [2.45, 2.75) is 6.04 Å². The number of rotatable bonds is 1. The Morgan fingerprint density at radius 3 is 3.14 bits per heavy atom. The lowest BCUT2D eigenvalue weighted by Gasteiger charge is -2.29. The van der Waals surface area contributed by atoms with Crippen LogP contribution in [-0.4, -0.2) is 76.8 Å². The van der Waals surface area contributed by atoms with Gasteiger partial charge >= 0.3 is 0 Å². The van der Waals surface area contributed by atoms with Crippen LogP contribution in [0.4, 0.5) is 0 Å². The first-order valence-corrected chi connectivity index (χ1v) is 7.58. The zero-order valence-corrected chi connectivity index (χ0v) is 12.5. The van der Waals surface area contributed by atoms with E-state index in [9.17, 15) is 4.79 Å². The van der Waals surface area contributed by atoms with Gasteiger partial charge in [0.2, 0.25) is 0 Å². The Hall–Kier alpha value is -1.99. The number of carbonyl (C=O) groups excluding carboxylic acids is 1. The highest BCUT2D eigenvalue weighted by Gasteiger charge is 2.35. The molecule has 4 heterocycles. The van der Waals surface area contributed by atoms with Gasteiger partial charge in [-0.2, -0.15) is 5.10 Å². The first-order chi connectivity index (χ1) is 10.7. The molecule has 0 radical (unpaired) electrons. The molecular weight excluding hydrogens is 282 g/mol. The molecule has 1 N–H and O–H groups in total. The van der Waals surface area contributed by atoms with Gasteiger partial charge in [0.15, 0.2) is 5.65 Å². The minimum atomic E-state index is -0.0210. The summed E-state index contributed by atoms with van der Waals surface area (Å²) in [6, 6.07) is 3.75. The molecule has 0 spiro atoms. The molecule has 7 nitrogen and oxygen atoms in total. The minimum Gasteiger partial charge on any atom is -0.379 e. The molecule has 2 aromatic rings. The molecule has 2 bridgehead atoms. The van der Waals surface area contributed by atoms with Gasteiger partial charge in [-0.25, -0.2) is 4.98 Å². The molecule has 2 aliphatic heterocycles. The highest BCUT2D eigenvalue weighted by atomic mass is 16.5. The number of pyridine rings is 1. The summed E-state index contributed by atoms with van der Waals surface area (Å²) in [5.74, 6) is 0.338. The van der Waals surface area contributed by atoms with Crippen molar-refractivity contribution in [1.82, 2.24) is 25.0 Å². The second kappa shape index (κ2) is 5.33. The van der Waals surface area contributed by atoms with Crippen LogP contribution in [-0.2, 0) is 4.74 Å². The number of carbonyl (C=O) groups is 1. The molecule has 2 atom stereocenters. The van der Waals surface area contributed by atoms with Crippen molar-refractivity contribution in [2.75, 3.05) is 39.9 Å². The Balaban J connectivity index is 1.65. The summed E-state index contributed by atoms with van der Waals surface area (Å²) in [4.78, 5) is 21.6. The molecule has 0 saturated carbocycles. The van der Waals surface area contributed by atoms with E-state index < -0.39 is 0 Å². The fourth-order valence-corrected chi connectivity index (χ4v) is 3.42. The molecule has 0 aromatic carbocycles. The van der Waals surface area contributed by atoms with Gasteiger partial charge < -0.3 is 14.5 Å².